The maximum absolute atomic E-state index is 11.1. The molecule has 0 saturated heterocycles. The highest BCUT2D eigenvalue weighted by Gasteiger charge is 2.29. The monoisotopic (exact) mass is 377 g/mol. The SMILES string of the molecule is COc1cc2c(cc1C=Nc1ccc(NC(C)=O)cc1)C(C)=CC(C)(C)N2C. The summed E-state index contributed by atoms with van der Waals surface area (Å²) in [5.41, 5.74) is 6.02. The molecule has 1 N–H and O–H groups in total. The molecular weight excluding hydrogens is 350 g/mol. The molecule has 28 heavy (non-hydrogen) atoms. The molecule has 0 fully saturated rings. The minimum Gasteiger partial charge on any atom is -0.496 e. The van der Waals surface area contributed by atoms with E-state index >= 15 is 0 Å². The van der Waals surface area contributed by atoms with Crippen molar-refractivity contribution in [1.29, 1.82) is 0 Å². The fourth-order valence-electron chi connectivity index (χ4n) is 3.45. The number of hydrogen-bond acceptors (Lipinski definition) is 4. The van der Waals surface area contributed by atoms with Crippen molar-refractivity contribution in [3.8, 4) is 5.75 Å². The second-order valence-corrected chi connectivity index (χ2v) is 7.64. The zero-order chi connectivity index (χ0) is 20.5. The molecule has 0 radical (unpaired) electrons. The second kappa shape index (κ2) is 7.50. The van der Waals surface area contributed by atoms with Crippen molar-refractivity contribution in [1.82, 2.24) is 0 Å². The van der Waals surface area contributed by atoms with Crippen LogP contribution in [-0.4, -0.2) is 31.8 Å². The van der Waals surface area contributed by atoms with Crippen LogP contribution in [0.15, 0.2) is 47.5 Å². The quantitative estimate of drug-likeness (QED) is 0.760. The molecule has 146 valence electrons. The Morgan fingerprint density at radius 1 is 1.21 bits per heavy atom. The lowest BCUT2D eigenvalue weighted by molar-refractivity contribution is -0.114. The fraction of sp³-hybridized carbons (Fsp3) is 0.304. The summed E-state index contributed by atoms with van der Waals surface area (Å²) in [4.78, 5) is 18.0. The number of allylic oxidation sites excluding steroid dienone is 1. The van der Waals surface area contributed by atoms with Crippen LogP contribution in [0.1, 0.15) is 38.8 Å². The van der Waals surface area contributed by atoms with Gasteiger partial charge in [0.1, 0.15) is 5.75 Å². The van der Waals surface area contributed by atoms with Crippen molar-refractivity contribution >= 4 is 34.8 Å². The first-order chi connectivity index (χ1) is 13.2. The van der Waals surface area contributed by atoms with Crippen LogP contribution in [0.2, 0.25) is 0 Å². The van der Waals surface area contributed by atoms with Crippen LogP contribution in [0.25, 0.3) is 5.57 Å². The zero-order valence-electron chi connectivity index (χ0n) is 17.3. The number of carbonyl (C=O) groups is 1. The Morgan fingerprint density at radius 2 is 1.89 bits per heavy atom. The Balaban J connectivity index is 1.94. The van der Waals surface area contributed by atoms with Gasteiger partial charge in [-0.25, -0.2) is 0 Å². The molecule has 5 heteroatoms. The van der Waals surface area contributed by atoms with E-state index in [9.17, 15) is 4.79 Å². The van der Waals surface area contributed by atoms with Crippen molar-refractivity contribution in [2.75, 3.05) is 24.4 Å². The molecule has 3 rings (SSSR count). The first kappa shape index (κ1) is 19.7. The number of carbonyl (C=O) groups excluding carboxylic acids is 1. The summed E-state index contributed by atoms with van der Waals surface area (Å²) in [5, 5.41) is 2.75. The van der Waals surface area contributed by atoms with Crippen LogP contribution in [0.4, 0.5) is 17.1 Å². The van der Waals surface area contributed by atoms with E-state index in [-0.39, 0.29) is 11.4 Å². The number of methoxy groups -OCH3 is 1. The molecule has 2 aromatic rings. The number of fused-ring (bicyclic) bond motifs is 1. The molecule has 0 spiro atoms. The number of amides is 1. The van der Waals surface area contributed by atoms with Crippen molar-refractivity contribution in [3.05, 3.63) is 53.6 Å². The lowest BCUT2D eigenvalue weighted by Crippen LogP contribution is -2.42. The number of ether oxygens (including phenoxy) is 1. The highest BCUT2D eigenvalue weighted by molar-refractivity contribution is 5.92. The van der Waals surface area contributed by atoms with Crippen LogP contribution in [-0.2, 0) is 4.79 Å². The van der Waals surface area contributed by atoms with E-state index in [4.69, 9.17) is 4.74 Å². The lowest BCUT2D eigenvalue weighted by Gasteiger charge is -2.40. The topological polar surface area (TPSA) is 53.9 Å². The average molecular weight is 377 g/mol. The smallest absolute Gasteiger partial charge is 0.221 e. The maximum atomic E-state index is 11.1. The van der Waals surface area contributed by atoms with Gasteiger partial charge in [0.05, 0.1) is 18.3 Å². The number of rotatable bonds is 4. The molecule has 1 amide bonds. The molecule has 0 aromatic heterocycles. The van der Waals surface area contributed by atoms with Gasteiger partial charge in [-0.05, 0) is 56.7 Å². The minimum absolute atomic E-state index is 0.0483. The molecule has 1 aliphatic rings. The van der Waals surface area contributed by atoms with Crippen molar-refractivity contribution < 1.29 is 9.53 Å². The maximum Gasteiger partial charge on any atom is 0.221 e. The lowest BCUT2D eigenvalue weighted by atomic mass is 9.88. The first-order valence-corrected chi connectivity index (χ1v) is 9.28. The first-order valence-electron chi connectivity index (χ1n) is 9.28. The van der Waals surface area contributed by atoms with Crippen LogP contribution in [0.3, 0.4) is 0 Å². The van der Waals surface area contributed by atoms with Gasteiger partial charge in [0.2, 0.25) is 5.91 Å². The Labute approximate surface area is 166 Å². The van der Waals surface area contributed by atoms with E-state index in [1.807, 2.05) is 30.5 Å². The van der Waals surface area contributed by atoms with E-state index < -0.39 is 0 Å². The summed E-state index contributed by atoms with van der Waals surface area (Å²) < 4.78 is 5.63. The molecule has 2 aromatic carbocycles. The van der Waals surface area contributed by atoms with Gasteiger partial charge in [0.15, 0.2) is 0 Å². The number of benzene rings is 2. The Morgan fingerprint density at radius 3 is 2.50 bits per heavy atom. The number of hydrogen-bond donors (Lipinski definition) is 1. The van der Waals surface area contributed by atoms with Gasteiger partial charge in [0, 0.05) is 48.8 Å². The van der Waals surface area contributed by atoms with Gasteiger partial charge in [0.25, 0.3) is 0 Å². The van der Waals surface area contributed by atoms with Gasteiger partial charge in [-0.1, -0.05) is 6.08 Å². The van der Waals surface area contributed by atoms with Gasteiger partial charge in [-0.15, -0.1) is 0 Å². The van der Waals surface area contributed by atoms with E-state index in [2.05, 4.69) is 61.2 Å². The fourth-order valence-corrected chi connectivity index (χ4v) is 3.45. The standard InChI is InChI=1S/C23H27N3O2/c1-15-13-23(3,4)26(5)21-12-22(28-6)17(11-20(15)21)14-24-18-7-9-19(10-8-18)25-16(2)27/h7-14H,1-6H3,(H,25,27). The Kier molecular flexibility index (Phi) is 5.27. The van der Waals surface area contributed by atoms with Gasteiger partial charge < -0.3 is 15.0 Å². The highest BCUT2D eigenvalue weighted by Crippen LogP contribution is 2.41. The third kappa shape index (κ3) is 3.93. The highest BCUT2D eigenvalue weighted by atomic mass is 16.5. The van der Waals surface area contributed by atoms with Gasteiger partial charge in [-0.3, -0.25) is 9.79 Å². The third-order valence-electron chi connectivity index (χ3n) is 5.11. The van der Waals surface area contributed by atoms with Crippen LogP contribution in [0.5, 0.6) is 5.75 Å². The van der Waals surface area contributed by atoms with Crippen molar-refractivity contribution in [2.45, 2.75) is 33.2 Å². The predicted molar refractivity (Wildman–Crippen MR) is 117 cm³/mol. The molecule has 1 heterocycles. The number of nitrogens with one attached hydrogen (secondary N) is 1. The summed E-state index contributed by atoms with van der Waals surface area (Å²) in [5.74, 6) is 0.696. The van der Waals surface area contributed by atoms with Crippen molar-refractivity contribution in [3.63, 3.8) is 0 Å². The van der Waals surface area contributed by atoms with E-state index in [1.54, 1.807) is 7.11 Å². The van der Waals surface area contributed by atoms with Crippen LogP contribution in [0, 0.1) is 0 Å². The largest absolute Gasteiger partial charge is 0.496 e. The summed E-state index contributed by atoms with van der Waals surface area (Å²) in [6.07, 6.45) is 4.10. The van der Waals surface area contributed by atoms with Crippen LogP contribution < -0.4 is 15.0 Å². The normalized spacial score (nSPS) is 15.2. The number of nitrogens with zero attached hydrogens (tertiary/aromatic N) is 2. The summed E-state index contributed by atoms with van der Waals surface area (Å²) >= 11 is 0. The van der Waals surface area contributed by atoms with E-state index in [1.165, 1.54) is 18.1 Å². The Bertz CT molecular complexity index is 957. The average Bonchev–Trinajstić information content (AvgIpc) is 2.64. The second-order valence-electron chi connectivity index (χ2n) is 7.64. The number of anilines is 2. The van der Waals surface area contributed by atoms with Gasteiger partial charge >= 0.3 is 0 Å². The number of aliphatic imine (C=N–C) groups is 1. The molecule has 0 atom stereocenters. The molecular formula is C23H27N3O2. The summed E-state index contributed by atoms with van der Waals surface area (Å²) in [7, 11) is 3.78. The third-order valence-corrected chi connectivity index (χ3v) is 5.11. The van der Waals surface area contributed by atoms with E-state index in [0.29, 0.717) is 0 Å². The molecule has 0 saturated carbocycles. The Hall–Kier alpha value is -3.08. The summed E-state index contributed by atoms with van der Waals surface area (Å²) in [6.45, 7) is 8.03. The predicted octanol–water partition coefficient (Wildman–Crippen LogP) is 5.04. The molecule has 0 bridgehead atoms. The summed E-state index contributed by atoms with van der Waals surface area (Å²) in [6, 6.07) is 11.6. The zero-order valence-corrected chi connectivity index (χ0v) is 17.3. The molecule has 5 nitrogen and oxygen atoms in total. The molecule has 0 aliphatic carbocycles. The molecule has 0 unspecified atom stereocenters. The van der Waals surface area contributed by atoms with Gasteiger partial charge in [-0.2, -0.15) is 0 Å². The van der Waals surface area contributed by atoms with Crippen LogP contribution >= 0.6 is 0 Å². The van der Waals surface area contributed by atoms with Crippen molar-refractivity contribution in [2.24, 2.45) is 4.99 Å². The number of likely N-dealkylation sites (N-methyl/N-ethyl adjacent to an activating group) is 1. The minimum atomic E-state index is -0.0911. The van der Waals surface area contributed by atoms with E-state index in [0.717, 1.165) is 28.4 Å². The molecule has 1 aliphatic heterocycles.